The Labute approximate surface area is 203 Å². The van der Waals surface area contributed by atoms with E-state index in [0.29, 0.717) is 22.3 Å². The number of thiophene rings is 1. The van der Waals surface area contributed by atoms with Crippen LogP contribution in [-0.2, 0) is 22.4 Å². The molecular formula is C23H22BrN3O3S2. The fraction of sp³-hybridized carbons (Fsp3) is 0.304. The first-order chi connectivity index (χ1) is 15.5. The molecule has 1 N–H and O–H groups in total. The van der Waals surface area contributed by atoms with Crippen molar-refractivity contribution in [3.05, 3.63) is 57.0 Å². The topological polar surface area (TPSA) is 81.2 Å². The molecule has 1 aliphatic carbocycles. The smallest absolute Gasteiger partial charge is 0.341 e. The van der Waals surface area contributed by atoms with E-state index in [1.807, 2.05) is 30.3 Å². The second-order valence-corrected chi connectivity index (χ2v) is 10.2. The number of hydrogen-bond donors (Lipinski definition) is 1. The Morgan fingerprint density at radius 1 is 1.19 bits per heavy atom. The van der Waals surface area contributed by atoms with E-state index in [1.165, 1.54) is 28.0 Å². The maximum Gasteiger partial charge on any atom is 0.341 e. The summed E-state index contributed by atoms with van der Waals surface area (Å²) in [5.41, 5.74) is 3.34. The third-order valence-electron chi connectivity index (χ3n) is 5.01. The molecule has 0 fully saturated rings. The number of hydrogen-bond acceptors (Lipinski definition) is 7. The molecule has 0 radical (unpaired) electrons. The van der Waals surface area contributed by atoms with Gasteiger partial charge in [0, 0.05) is 21.1 Å². The Kier molecular flexibility index (Phi) is 7.59. The van der Waals surface area contributed by atoms with Crippen molar-refractivity contribution in [1.82, 2.24) is 9.97 Å². The minimum absolute atomic E-state index is 0.147. The zero-order valence-electron chi connectivity index (χ0n) is 17.5. The van der Waals surface area contributed by atoms with E-state index >= 15 is 0 Å². The van der Waals surface area contributed by atoms with Gasteiger partial charge in [-0.3, -0.25) is 4.79 Å². The lowest BCUT2D eigenvalue weighted by Gasteiger charge is -2.12. The molecule has 4 rings (SSSR count). The van der Waals surface area contributed by atoms with Crippen molar-refractivity contribution in [2.24, 2.45) is 0 Å². The highest BCUT2D eigenvalue weighted by Gasteiger charge is 2.27. The fourth-order valence-corrected chi connectivity index (χ4v) is 5.75. The van der Waals surface area contributed by atoms with Crippen molar-refractivity contribution < 1.29 is 14.3 Å². The summed E-state index contributed by atoms with van der Waals surface area (Å²) < 4.78 is 6.25. The molecule has 32 heavy (non-hydrogen) atoms. The first-order valence-electron chi connectivity index (χ1n) is 10.4. The maximum atomic E-state index is 12.7. The lowest BCUT2D eigenvalue weighted by molar-refractivity contribution is -0.113. The molecule has 1 aromatic carbocycles. The van der Waals surface area contributed by atoms with Gasteiger partial charge in [-0.25, -0.2) is 14.8 Å². The van der Waals surface area contributed by atoms with Crippen molar-refractivity contribution in [3.63, 3.8) is 0 Å². The summed E-state index contributed by atoms with van der Waals surface area (Å²) in [6, 6.07) is 9.71. The molecule has 9 heteroatoms. The number of anilines is 1. The minimum atomic E-state index is -0.361. The maximum absolute atomic E-state index is 12.7. The Morgan fingerprint density at radius 2 is 1.97 bits per heavy atom. The minimum Gasteiger partial charge on any atom is -0.462 e. The highest BCUT2D eigenvalue weighted by molar-refractivity contribution is 9.10. The molecule has 6 nitrogen and oxygen atoms in total. The second-order valence-electron chi connectivity index (χ2n) is 7.20. The average Bonchev–Trinajstić information content (AvgIpc) is 3.16. The van der Waals surface area contributed by atoms with Crippen LogP contribution in [0.2, 0.25) is 0 Å². The summed E-state index contributed by atoms with van der Waals surface area (Å²) in [7, 11) is 0. The van der Waals surface area contributed by atoms with E-state index in [2.05, 4.69) is 31.2 Å². The van der Waals surface area contributed by atoms with Crippen molar-refractivity contribution in [2.75, 3.05) is 17.7 Å². The Morgan fingerprint density at radius 3 is 2.75 bits per heavy atom. The number of aryl methyl sites for hydroxylation is 1. The normalized spacial score (nSPS) is 12.8. The molecule has 2 heterocycles. The van der Waals surface area contributed by atoms with Gasteiger partial charge in [0.25, 0.3) is 0 Å². The molecule has 1 aliphatic rings. The van der Waals surface area contributed by atoms with E-state index in [4.69, 9.17) is 4.74 Å². The number of thioether (sulfide) groups is 1. The number of ether oxygens (including phenoxy) is 1. The zero-order chi connectivity index (χ0) is 22.5. The standard InChI is InChI=1S/C23H22BrN3O3S2/c1-2-30-22(29)20-16-5-3-4-6-18(16)32-21(20)27-19(28)13-31-23-25-12-11-17(26-23)14-7-9-15(24)10-8-14/h7-12H,2-6,13H2,1H3,(H,27,28). The van der Waals surface area contributed by atoms with Crippen molar-refractivity contribution in [1.29, 1.82) is 0 Å². The SMILES string of the molecule is CCOC(=O)c1c(NC(=O)CSc2nccc(-c3ccc(Br)cc3)n2)sc2c1CCCC2. The van der Waals surface area contributed by atoms with Gasteiger partial charge in [0.2, 0.25) is 5.91 Å². The zero-order valence-corrected chi connectivity index (χ0v) is 20.7. The summed E-state index contributed by atoms with van der Waals surface area (Å²) in [5, 5.41) is 4.04. The predicted molar refractivity (Wildman–Crippen MR) is 131 cm³/mol. The van der Waals surface area contributed by atoms with Gasteiger partial charge in [0.15, 0.2) is 5.16 Å². The van der Waals surface area contributed by atoms with Crippen LogP contribution in [0.25, 0.3) is 11.3 Å². The summed E-state index contributed by atoms with van der Waals surface area (Å²) in [6.07, 6.45) is 5.63. The van der Waals surface area contributed by atoms with Crippen molar-refractivity contribution >= 4 is 55.9 Å². The van der Waals surface area contributed by atoms with E-state index in [1.54, 1.807) is 13.1 Å². The summed E-state index contributed by atoms with van der Waals surface area (Å²) in [4.78, 5) is 35.3. The molecule has 1 amide bonds. The van der Waals surface area contributed by atoms with E-state index in [-0.39, 0.29) is 17.6 Å². The number of carbonyl (C=O) groups is 2. The molecule has 0 spiro atoms. The number of esters is 1. The second kappa shape index (κ2) is 10.6. The third-order valence-corrected chi connectivity index (χ3v) is 7.61. The molecule has 0 bridgehead atoms. The van der Waals surface area contributed by atoms with Gasteiger partial charge in [0.1, 0.15) is 5.00 Å². The van der Waals surface area contributed by atoms with Gasteiger partial charge in [-0.2, -0.15) is 0 Å². The van der Waals surface area contributed by atoms with Crippen LogP contribution < -0.4 is 5.32 Å². The van der Waals surface area contributed by atoms with Gasteiger partial charge < -0.3 is 10.1 Å². The van der Waals surface area contributed by atoms with E-state index in [0.717, 1.165) is 47.0 Å². The Bertz CT molecular complexity index is 1130. The lowest BCUT2D eigenvalue weighted by atomic mass is 9.95. The highest BCUT2D eigenvalue weighted by Crippen LogP contribution is 2.38. The van der Waals surface area contributed by atoms with Crippen LogP contribution in [0.4, 0.5) is 5.00 Å². The number of benzene rings is 1. The third kappa shape index (κ3) is 5.39. The molecule has 0 saturated heterocycles. The molecule has 2 aromatic heterocycles. The van der Waals surface area contributed by atoms with Crippen LogP contribution in [-0.4, -0.2) is 34.2 Å². The van der Waals surface area contributed by atoms with Crippen LogP contribution in [0, 0.1) is 0 Å². The lowest BCUT2D eigenvalue weighted by Crippen LogP contribution is -2.17. The molecular weight excluding hydrogens is 510 g/mol. The number of rotatable bonds is 7. The molecule has 0 saturated carbocycles. The van der Waals surface area contributed by atoms with Gasteiger partial charge in [-0.05, 0) is 56.4 Å². The number of aromatic nitrogens is 2. The fourth-order valence-electron chi connectivity index (χ4n) is 3.56. The van der Waals surface area contributed by atoms with Gasteiger partial charge in [0.05, 0.1) is 23.6 Å². The summed E-state index contributed by atoms with van der Waals surface area (Å²) in [6.45, 7) is 2.09. The molecule has 0 atom stereocenters. The number of fused-ring (bicyclic) bond motifs is 1. The van der Waals surface area contributed by atoms with Crippen LogP contribution in [0.5, 0.6) is 0 Å². The largest absolute Gasteiger partial charge is 0.462 e. The monoisotopic (exact) mass is 531 g/mol. The van der Waals surface area contributed by atoms with Crippen molar-refractivity contribution in [3.8, 4) is 11.3 Å². The number of halogens is 1. The number of nitrogens with one attached hydrogen (secondary N) is 1. The van der Waals surface area contributed by atoms with Gasteiger partial charge in [-0.15, -0.1) is 11.3 Å². The molecule has 3 aromatic rings. The first-order valence-corrected chi connectivity index (χ1v) is 13.0. The Balaban J connectivity index is 1.45. The molecule has 166 valence electrons. The predicted octanol–water partition coefficient (Wildman–Crippen LogP) is 5.75. The summed E-state index contributed by atoms with van der Waals surface area (Å²) in [5.74, 6) is -0.411. The van der Waals surface area contributed by atoms with E-state index < -0.39 is 0 Å². The molecule has 0 aliphatic heterocycles. The average molecular weight is 532 g/mol. The highest BCUT2D eigenvalue weighted by atomic mass is 79.9. The quantitative estimate of drug-likeness (QED) is 0.237. The number of nitrogens with zero attached hydrogens (tertiary/aromatic N) is 2. The first kappa shape index (κ1) is 22.9. The number of carbonyl (C=O) groups excluding carboxylic acids is 2. The summed E-state index contributed by atoms with van der Waals surface area (Å²) >= 11 is 6.19. The molecule has 0 unspecified atom stereocenters. The van der Waals surface area contributed by atoms with Crippen LogP contribution in [0.15, 0.2) is 46.2 Å². The Hall–Kier alpha value is -2.23. The van der Waals surface area contributed by atoms with Gasteiger partial charge >= 0.3 is 5.97 Å². The number of amides is 1. The van der Waals surface area contributed by atoms with Crippen LogP contribution >= 0.6 is 39.0 Å². The van der Waals surface area contributed by atoms with Crippen LogP contribution in [0.1, 0.15) is 40.6 Å². The van der Waals surface area contributed by atoms with Crippen molar-refractivity contribution in [2.45, 2.75) is 37.8 Å². The van der Waals surface area contributed by atoms with Gasteiger partial charge in [-0.1, -0.05) is 39.8 Å². The van der Waals surface area contributed by atoms with Crippen LogP contribution in [0.3, 0.4) is 0 Å². The van der Waals surface area contributed by atoms with E-state index in [9.17, 15) is 9.59 Å².